The predicted molar refractivity (Wildman–Crippen MR) is 63.6 cm³/mol. The first-order chi connectivity index (χ1) is 7.16. The van der Waals surface area contributed by atoms with Crippen LogP contribution < -0.4 is 10.4 Å². The van der Waals surface area contributed by atoms with Gasteiger partial charge < -0.3 is 0 Å². The Morgan fingerprint density at radius 3 is 2.93 bits per heavy atom. The normalized spacial score (nSPS) is 16.4. The van der Waals surface area contributed by atoms with E-state index in [4.69, 9.17) is 0 Å². The number of carbonyl (C=O) groups is 1. The fraction of sp³-hybridized carbons (Fsp3) is 0.364. The van der Waals surface area contributed by atoms with E-state index in [2.05, 4.69) is 27.4 Å². The molecule has 1 aliphatic rings. The van der Waals surface area contributed by atoms with Crippen LogP contribution in [0.15, 0.2) is 22.7 Å². The Bertz CT molecular complexity index is 392. The summed E-state index contributed by atoms with van der Waals surface area (Å²) >= 11 is 3.46. The summed E-state index contributed by atoms with van der Waals surface area (Å²) in [6.07, 6.45) is 1.55. The third kappa shape index (κ3) is 2.31. The molecule has 1 aliphatic heterocycles. The largest absolute Gasteiger partial charge is 0.286 e. The predicted octanol–water partition coefficient (Wildman–Crippen LogP) is 2.39. The van der Waals surface area contributed by atoms with Crippen molar-refractivity contribution in [3.05, 3.63) is 28.2 Å². The molecule has 0 unspecified atom stereocenters. The molecule has 1 saturated heterocycles. The molecule has 0 spiro atoms. The van der Waals surface area contributed by atoms with Gasteiger partial charge in [0.2, 0.25) is 5.91 Å². The fourth-order valence-corrected chi connectivity index (χ4v) is 1.90. The molecule has 1 heterocycles. The minimum absolute atomic E-state index is 0.0989. The Balaban J connectivity index is 2.21. The molecule has 1 amide bonds. The van der Waals surface area contributed by atoms with Crippen LogP contribution >= 0.6 is 15.9 Å². The van der Waals surface area contributed by atoms with E-state index in [1.807, 2.05) is 24.1 Å². The number of hydrogen-bond donors (Lipinski definition) is 1. The van der Waals surface area contributed by atoms with Crippen LogP contribution in [0.2, 0.25) is 0 Å². The Morgan fingerprint density at radius 2 is 2.27 bits per heavy atom. The third-order valence-electron chi connectivity index (χ3n) is 2.50. The van der Waals surface area contributed by atoms with Crippen LogP contribution in [0.3, 0.4) is 0 Å². The molecule has 0 atom stereocenters. The van der Waals surface area contributed by atoms with Gasteiger partial charge in [0, 0.05) is 17.4 Å². The van der Waals surface area contributed by atoms with Crippen LogP contribution in [-0.2, 0) is 4.79 Å². The first-order valence-corrected chi connectivity index (χ1v) is 5.79. The van der Waals surface area contributed by atoms with E-state index >= 15 is 0 Å². The summed E-state index contributed by atoms with van der Waals surface area (Å²) < 4.78 is 1.09. The highest BCUT2D eigenvalue weighted by Crippen LogP contribution is 2.23. The molecule has 80 valence electrons. The van der Waals surface area contributed by atoms with Crippen LogP contribution in [0.25, 0.3) is 0 Å². The smallest absolute Gasteiger partial charge is 0.238 e. The molecule has 1 N–H and O–H groups in total. The van der Waals surface area contributed by atoms with Crippen molar-refractivity contribution in [2.24, 2.45) is 0 Å². The Kier molecular flexibility index (Phi) is 2.95. The van der Waals surface area contributed by atoms with E-state index in [1.54, 1.807) is 0 Å². The SMILES string of the molecule is Cc1cc(N2CCCC(=O)N2)ccc1Br. The van der Waals surface area contributed by atoms with Gasteiger partial charge in [0.1, 0.15) is 0 Å². The van der Waals surface area contributed by atoms with Crippen molar-refractivity contribution < 1.29 is 4.79 Å². The summed E-state index contributed by atoms with van der Waals surface area (Å²) in [6.45, 7) is 2.92. The van der Waals surface area contributed by atoms with Crippen LogP contribution in [0.5, 0.6) is 0 Å². The Labute approximate surface area is 97.6 Å². The number of halogens is 1. The highest BCUT2D eigenvalue weighted by Gasteiger charge is 2.16. The molecule has 1 aromatic carbocycles. The van der Waals surface area contributed by atoms with E-state index in [0.717, 1.165) is 23.1 Å². The zero-order valence-corrected chi connectivity index (χ0v) is 10.2. The number of hydrazine groups is 1. The van der Waals surface area contributed by atoms with Crippen LogP contribution in [0.1, 0.15) is 18.4 Å². The number of anilines is 1. The molecule has 0 radical (unpaired) electrons. The molecule has 3 nitrogen and oxygen atoms in total. The van der Waals surface area contributed by atoms with Gasteiger partial charge in [0.05, 0.1) is 5.69 Å². The molecule has 15 heavy (non-hydrogen) atoms. The van der Waals surface area contributed by atoms with Crippen LogP contribution in [0, 0.1) is 6.92 Å². The van der Waals surface area contributed by atoms with Gasteiger partial charge in [-0.05, 0) is 37.1 Å². The van der Waals surface area contributed by atoms with Gasteiger partial charge in [-0.15, -0.1) is 0 Å². The van der Waals surface area contributed by atoms with Crippen molar-refractivity contribution in [1.82, 2.24) is 5.43 Å². The summed E-state index contributed by atoms with van der Waals surface area (Å²) in [5.41, 5.74) is 5.08. The van der Waals surface area contributed by atoms with Gasteiger partial charge in [0.25, 0.3) is 0 Å². The van der Waals surface area contributed by atoms with E-state index in [0.29, 0.717) is 6.42 Å². The van der Waals surface area contributed by atoms with Gasteiger partial charge in [0.15, 0.2) is 0 Å². The number of amides is 1. The van der Waals surface area contributed by atoms with E-state index in [-0.39, 0.29) is 5.91 Å². The second-order valence-electron chi connectivity index (χ2n) is 3.72. The van der Waals surface area contributed by atoms with Gasteiger partial charge >= 0.3 is 0 Å². The molecule has 0 aromatic heterocycles. The highest BCUT2D eigenvalue weighted by molar-refractivity contribution is 9.10. The maximum absolute atomic E-state index is 11.2. The minimum atomic E-state index is 0.0989. The van der Waals surface area contributed by atoms with E-state index in [1.165, 1.54) is 5.56 Å². The minimum Gasteiger partial charge on any atom is -0.286 e. The number of benzene rings is 1. The standard InChI is InChI=1S/C11H13BrN2O/c1-8-7-9(4-5-10(8)12)14-6-2-3-11(15)13-14/h4-5,7H,2-3,6H2,1H3,(H,13,15). The molecule has 0 aliphatic carbocycles. The van der Waals surface area contributed by atoms with Gasteiger partial charge in [-0.2, -0.15) is 0 Å². The molecule has 2 rings (SSSR count). The third-order valence-corrected chi connectivity index (χ3v) is 3.39. The molecule has 0 saturated carbocycles. The topological polar surface area (TPSA) is 32.3 Å². The maximum Gasteiger partial charge on any atom is 0.238 e. The fourth-order valence-electron chi connectivity index (χ4n) is 1.65. The maximum atomic E-state index is 11.2. The molecule has 0 bridgehead atoms. The number of nitrogens with one attached hydrogen (secondary N) is 1. The molecule has 4 heteroatoms. The second-order valence-corrected chi connectivity index (χ2v) is 4.58. The van der Waals surface area contributed by atoms with Crippen molar-refractivity contribution in [2.45, 2.75) is 19.8 Å². The van der Waals surface area contributed by atoms with E-state index < -0.39 is 0 Å². The monoisotopic (exact) mass is 268 g/mol. The highest BCUT2D eigenvalue weighted by atomic mass is 79.9. The lowest BCUT2D eigenvalue weighted by Crippen LogP contribution is -2.46. The lowest BCUT2D eigenvalue weighted by Gasteiger charge is -2.29. The summed E-state index contributed by atoms with van der Waals surface area (Å²) in [6, 6.07) is 6.07. The average Bonchev–Trinajstić information content (AvgIpc) is 2.22. The van der Waals surface area contributed by atoms with Gasteiger partial charge in [-0.1, -0.05) is 15.9 Å². The molecule has 1 fully saturated rings. The lowest BCUT2D eigenvalue weighted by molar-refractivity contribution is -0.122. The zero-order valence-electron chi connectivity index (χ0n) is 8.59. The summed E-state index contributed by atoms with van der Waals surface area (Å²) in [5, 5.41) is 1.91. The Morgan fingerprint density at radius 1 is 1.47 bits per heavy atom. The van der Waals surface area contributed by atoms with Crippen molar-refractivity contribution in [1.29, 1.82) is 0 Å². The zero-order chi connectivity index (χ0) is 10.8. The molecule has 1 aromatic rings. The summed E-state index contributed by atoms with van der Waals surface area (Å²) in [7, 11) is 0. The summed E-state index contributed by atoms with van der Waals surface area (Å²) in [5.74, 6) is 0.0989. The number of hydrogen-bond acceptors (Lipinski definition) is 2. The van der Waals surface area contributed by atoms with Crippen molar-refractivity contribution in [3.8, 4) is 0 Å². The molecular weight excluding hydrogens is 256 g/mol. The average molecular weight is 269 g/mol. The van der Waals surface area contributed by atoms with Gasteiger partial charge in [-0.25, -0.2) is 0 Å². The second kappa shape index (κ2) is 4.23. The van der Waals surface area contributed by atoms with Crippen LogP contribution in [0.4, 0.5) is 5.69 Å². The number of nitrogens with zero attached hydrogens (tertiary/aromatic N) is 1. The first kappa shape index (κ1) is 10.5. The first-order valence-electron chi connectivity index (χ1n) is 5.00. The van der Waals surface area contributed by atoms with E-state index in [9.17, 15) is 4.79 Å². The van der Waals surface area contributed by atoms with Crippen LogP contribution in [-0.4, -0.2) is 12.5 Å². The van der Waals surface area contributed by atoms with Gasteiger partial charge in [-0.3, -0.25) is 15.2 Å². The van der Waals surface area contributed by atoms with Crippen molar-refractivity contribution in [3.63, 3.8) is 0 Å². The number of carbonyl (C=O) groups excluding carboxylic acids is 1. The number of aryl methyl sites for hydroxylation is 1. The lowest BCUT2D eigenvalue weighted by atomic mass is 10.2. The Hall–Kier alpha value is -1.03. The molecular formula is C11H13BrN2O. The van der Waals surface area contributed by atoms with Crippen molar-refractivity contribution in [2.75, 3.05) is 11.6 Å². The number of rotatable bonds is 1. The summed E-state index contributed by atoms with van der Waals surface area (Å²) in [4.78, 5) is 11.2. The quantitative estimate of drug-likeness (QED) is 0.849. The van der Waals surface area contributed by atoms with Crippen molar-refractivity contribution >= 4 is 27.5 Å².